The Morgan fingerprint density at radius 1 is 1.17 bits per heavy atom. The van der Waals surface area contributed by atoms with E-state index in [0.29, 0.717) is 11.6 Å². The fourth-order valence-corrected chi connectivity index (χ4v) is 3.30. The lowest BCUT2D eigenvalue weighted by molar-refractivity contribution is 0.0619. The minimum Gasteiger partial charge on any atom is -0.484 e. The van der Waals surface area contributed by atoms with Crippen LogP contribution in [0.1, 0.15) is 37.6 Å². The Bertz CT molecular complexity index is 958. The Balaban J connectivity index is 2.05. The monoisotopic (exact) mass is 324 g/mol. The average molecular weight is 324 g/mol. The third-order valence-electron chi connectivity index (χ3n) is 5.02. The molecule has 1 atom stereocenters. The van der Waals surface area contributed by atoms with Gasteiger partial charge in [0.2, 0.25) is 5.95 Å². The van der Waals surface area contributed by atoms with E-state index in [4.69, 9.17) is 4.74 Å². The summed E-state index contributed by atoms with van der Waals surface area (Å²) in [5.74, 6) is 1.23. The maximum atomic E-state index is 12.3. The van der Waals surface area contributed by atoms with E-state index >= 15 is 0 Å². The number of aryl methyl sites for hydroxylation is 2. The summed E-state index contributed by atoms with van der Waals surface area (Å²) in [7, 11) is 0. The van der Waals surface area contributed by atoms with Gasteiger partial charge >= 0.3 is 0 Å². The van der Waals surface area contributed by atoms with Crippen LogP contribution in [0.4, 0.5) is 5.95 Å². The lowest BCUT2D eigenvalue weighted by Gasteiger charge is -2.50. The van der Waals surface area contributed by atoms with Gasteiger partial charge in [0.1, 0.15) is 22.6 Å². The third kappa shape index (κ3) is 1.85. The van der Waals surface area contributed by atoms with Gasteiger partial charge in [-0.25, -0.2) is 4.98 Å². The molecule has 0 fully saturated rings. The van der Waals surface area contributed by atoms with Crippen LogP contribution < -0.4 is 15.6 Å². The number of hydrogen-bond donors (Lipinski definition) is 1. The summed E-state index contributed by atoms with van der Waals surface area (Å²) in [5.41, 5.74) is 2.08. The van der Waals surface area contributed by atoms with Crippen LogP contribution in [0.15, 0.2) is 34.2 Å². The first-order valence-electron chi connectivity index (χ1n) is 8.00. The number of nitrogens with zero attached hydrogens (tertiary/aromatic N) is 3. The highest BCUT2D eigenvalue weighted by Gasteiger charge is 2.54. The molecule has 2 aromatic rings. The van der Waals surface area contributed by atoms with Crippen LogP contribution in [0.5, 0.6) is 5.75 Å². The van der Waals surface area contributed by atoms with Crippen LogP contribution in [0, 0.1) is 13.8 Å². The number of rotatable bonds is 0. The second kappa shape index (κ2) is 4.47. The minimum atomic E-state index is -0.609. The first kappa shape index (κ1) is 14.9. The molecule has 24 heavy (non-hydrogen) atoms. The molecule has 1 unspecified atom stereocenters. The van der Waals surface area contributed by atoms with Gasteiger partial charge in [-0.15, -0.1) is 0 Å². The summed E-state index contributed by atoms with van der Waals surface area (Å²) < 4.78 is 7.62. The van der Waals surface area contributed by atoms with Crippen molar-refractivity contribution in [2.45, 2.75) is 45.8 Å². The fraction of sp³-hybridized carbons (Fsp3) is 0.389. The molecule has 0 spiro atoms. The predicted octanol–water partition coefficient (Wildman–Crippen LogP) is 2.47. The molecule has 0 amide bonds. The largest absolute Gasteiger partial charge is 0.484 e. The standard InChI is InChI=1S/C18H20N4O2/c1-10-6-7-12-13(8-10)24-17(3,4)18(5)15(12)21-22-14(23)9-11(2)19-16(22)20-18/h6-9H,1-5H3,(H,19,20). The Morgan fingerprint density at radius 2 is 1.92 bits per heavy atom. The van der Waals surface area contributed by atoms with Crippen molar-refractivity contribution < 1.29 is 4.74 Å². The smallest absolute Gasteiger partial charge is 0.275 e. The van der Waals surface area contributed by atoms with E-state index in [2.05, 4.69) is 15.4 Å². The highest BCUT2D eigenvalue weighted by atomic mass is 16.5. The van der Waals surface area contributed by atoms with Gasteiger partial charge in [-0.05, 0) is 52.3 Å². The van der Waals surface area contributed by atoms with Crippen LogP contribution in [0.25, 0.3) is 0 Å². The van der Waals surface area contributed by atoms with Gasteiger partial charge in [0.05, 0.1) is 0 Å². The number of hydrogen-bond acceptors (Lipinski definition) is 5. The molecule has 0 saturated carbocycles. The summed E-state index contributed by atoms with van der Waals surface area (Å²) in [6.07, 6.45) is 0. The van der Waals surface area contributed by atoms with Crippen LogP contribution >= 0.6 is 0 Å². The van der Waals surface area contributed by atoms with Crippen LogP contribution in [0.2, 0.25) is 0 Å². The molecule has 0 saturated heterocycles. The van der Waals surface area contributed by atoms with Crippen molar-refractivity contribution in [3.63, 3.8) is 0 Å². The Labute approximate surface area is 140 Å². The lowest BCUT2D eigenvalue weighted by Crippen LogP contribution is -2.66. The van der Waals surface area contributed by atoms with E-state index in [-0.39, 0.29) is 5.56 Å². The number of anilines is 1. The van der Waals surface area contributed by atoms with Crippen molar-refractivity contribution in [1.29, 1.82) is 0 Å². The quantitative estimate of drug-likeness (QED) is 0.808. The van der Waals surface area contributed by atoms with Crippen LogP contribution in [-0.2, 0) is 0 Å². The van der Waals surface area contributed by atoms with Crippen LogP contribution in [-0.4, -0.2) is 26.5 Å². The first-order valence-corrected chi connectivity index (χ1v) is 8.00. The fourth-order valence-electron chi connectivity index (χ4n) is 3.30. The lowest BCUT2D eigenvalue weighted by atomic mass is 9.74. The average Bonchev–Trinajstić information content (AvgIpc) is 2.46. The number of fused-ring (bicyclic) bond motifs is 4. The molecule has 0 aliphatic carbocycles. The van der Waals surface area contributed by atoms with Crippen molar-refractivity contribution >= 4 is 11.7 Å². The molecule has 0 bridgehead atoms. The van der Waals surface area contributed by atoms with E-state index in [1.54, 1.807) is 6.92 Å². The maximum absolute atomic E-state index is 12.3. The van der Waals surface area contributed by atoms with Gasteiger partial charge in [0.25, 0.3) is 5.56 Å². The van der Waals surface area contributed by atoms with Crippen molar-refractivity contribution in [2.75, 3.05) is 5.32 Å². The molecular formula is C18H20N4O2. The molecule has 2 aliphatic heterocycles. The van der Waals surface area contributed by atoms with Crippen molar-refractivity contribution in [1.82, 2.24) is 9.66 Å². The molecular weight excluding hydrogens is 304 g/mol. The predicted molar refractivity (Wildman–Crippen MR) is 93.1 cm³/mol. The Morgan fingerprint density at radius 3 is 2.67 bits per heavy atom. The first-order chi connectivity index (χ1) is 11.2. The molecule has 1 aromatic carbocycles. The van der Waals surface area contributed by atoms with Gasteiger partial charge in [-0.2, -0.15) is 9.78 Å². The topological polar surface area (TPSA) is 68.5 Å². The van der Waals surface area contributed by atoms with Gasteiger partial charge in [-0.3, -0.25) is 4.79 Å². The molecule has 3 heterocycles. The zero-order valence-electron chi connectivity index (χ0n) is 14.5. The van der Waals surface area contributed by atoms with Gasteiger partial charge in [0.15, 0.2) is 0 Å². The molecule has 6 heteroatoms. The van der Waals surface area contributed by atoms with E-state index in [1.165, 1.54) is 10.7 Å². The van der Waals surface area contributed by atoms with E-state index < -0.39 is 11.1 Å². The van der Waals surface area contributed by atoms with E-state index in [9.17, 15) is 4.79 Å². The molecule has 0 radical (unpaired) electrons. The van der Waals surface area contributed by atoms with Gasteiger partial charge < -0.3 is 10.1 Å². The number of benzene rings is 1. The SMILES string of the molecule is Cc1ccc2c(c1)OC(C)(C)C1(C)Nc3nc(C)cc(=O)n3N=C21. The van der Waals surface area contributed by atoms with Crippen molar-refractivity contribution in [2.24, 2.45) is 5.10 Å². The summed E-state index contributed by atoms with van der Waals surface area (Å²) >= 11 is 0. The Kier molecular flexibility index (Phi) is 2.78. The van der Waals surface area contributed by atoms with Gasteiger partial charge in [0, 0.05) is 17.3 Å². The Hall–Kier alpha value is -2.63. The summed E-state index contributed by atoms with van der Waals surface area (Å²) in [4.78, 5) is 16.8. The van der Waals surface area contributed by atoms with Crippen molar-refractivity contribution in [3.05, 3.63) is 51.4 Å². The number of aromatic nitrogens is 2. The third-order valence-corrected chi connectivity index (χ3v) is 5.02. The molecule has 124 valence electrons. The number of nitrogens with one attached hydrogen (secondary N) is 1. The number of ether oxygens (including phenoxy) is 1. The normalized spacial score (nSPS) is 23.1. The summed E-state index contributed by atoms with van der Waals surface area (Å²) in [5, 5.41) is 8.06. The van der Waals surface area contributed by atoms with Gasteiger partial charge in [-0.1, -0.05) is 6.07 Å². The molecule has 1 aromatic heterocycles. The molecule has 6 nitrogen and oxygen atoms in total. The highest BCUT2D eigenvalue weighted by molar-refractivity contribution is 6.13. The summed E-state index contributed by atoms with van der Waals surface area (Å²) in [6.45, 7) is 9.89. The van der Waals surface area contributed by atoms with Crippen molar-refractivity contribution in [3.8, 4) is 5.75 Å². The molecule has 1 N–H and O–H groups in total. The molecule has 4 rings (SSSR count). The second-order valence-corrected chi connectivity index (χ2v) is 7.18. The highest BCUT2D eigenvalue weighted by Crippen LogP contribution is 2.43. The maximum Gasteiger partial charge on any atom is 0.275 e. The van der Waals surface area contributed by atoms with Crippen LogP contribution in [0.3, 0.4) is 0 Å². The minimum absolute atomic E-state index is 0.197. The van der Waals surface area contributed by atoms with E-state index in [1.807, 2.05) is 45.9 Å². The van der Waals surface area contributed by atoms with E-state index in [0.717, 1.165) is 22.6 Å². The zero-order chi connectivity index (χ0) is 17.3. The molecule has 2 aliphatic rings. The zero-order valence-corrected chi connectivity index (χ0v) is 14.5. The summed E-state index contributed by atoms with van der Waals surface area (Å²) in [6, 6.07) is 7.51. The second-order valence-electron chi connectivity index (χ2n) is 7.18.